The highest BCUT2D eigenvalue weighted by Crippen LogP contribution is 2.24. The van der Waals surface area contributed by atoms with E-state index in [0.29, 0.717) is 16.1 Å². The fraction of sp³-hybridized carbons (Fsp3) is 0.188. The smallest absolute Gasteiger partial charge is 0.194 e. The summed E-state index contributed by atoms with van der Waals surface area (Å²) in [4.78, 5) is 12.4. The minimum atomic E-state index is -0.0667. The summed E-state index contributed by atoms with van der Waals surface area (Å²) in [6.45, 7) is 2.03. The molecule has 0 saturated carbocycles. The van der Waals surface area contributed by atoms with Gasteiger partial charge in [0.2, 0.25) is 0 Å². The van der Waals surface area contributed by atoms with Crippen LogP contribution in [0.15, 0.2) is 42.5 Å². The predicted molar refractivity (Wildman–Crippen MR) is 77.3 cm³/mol. The molecule has 0 aliphatic rings. The van der Waals surface area contributed by atoms with Crippen LogP contribution >= 0.6 is 11.6 Å². The highest BCUT2D eigenvalue weighted by Gasteiger charge is 2.14. The largest absolute Gasteiger partial charge is 0.496 e. The molecule has 0 saturated heterocycles. The van der Waals surface area contributed by atoms with Crippen molar-refractivity contribution < 1.29 is 9.53 Å². The first-order valence-electron chi connectivity index (χ1n) is 6.13. The van der Waals surface area contributed by atoms with Crippen LogP contribution < -0.4 is 4.74 Å². The van der Waals surface area contributed by atoms with Crippen molar-refractivity contribution in [2.24, 2.45) is 0 Å². The lowest BCUT2D eigenvalue weighted by molar-refractivity contribution is 0.103. The number of carbonyl (C=O) groups is 1. The summed E-state index contributed by atoms with van der Waals surface area (Å²) in [5, 5.41) is 0.473. The van der Waals surface area contributed by atoms with E-state index in [1.165, 1.54) is 0 Å². The highest BCUT2D eigenvalue weighted by molar-refractivity contribution is 6.34. The van der Waals surface area contributed by atoms with Crippen molar-refractivity contribution in [2.75, 3.05) is 7.11 Å². The van der Waals surface area contributed by atoms with Gasteiger partial charge < -0.3 is 4.74 Å². The van der Waals surface area contributed by atoms with Crippen LogP contribution in [0, 0.1) is 0 Å². The first kappa shape index (κ1) is 13.6. The molecule has 19 heavy (non-hydrogen) atoms. The van der Waals surface area contributed by atoms with Crippen LogP contribution in [0.25, 0.3) is 0 Å². The molecule has 0 aliphatic carbocycles. The molecule has 0 heterocycles. The van der Waals surface area contributed by atoms with Gasteiger partial charge in [0.1, 0.15) is 5.75 Å². The van der Waals surface area contributed by atoms with Gasteiger partial charge in [-0.05, 0) is 42.3 Å². The third kappa shape index (κ3) is 2.79. The molecule has 0 atom stereocenters. The van der Waals surface area contributed by atoms with Crippen molar-refractivity contribution in [1.29, 1.82) is 0 Å². The fourth-order valence-corrected chi connectivity index (χ4v) is 2.22. The Hall–Kier alpha value is -1.80. The molecule has 2 aromatic rings. The number of methoxy groups -OCH3 is 1. The predicted octanol–water partition coefficient (Wildman–Crippen LogP) is 4.14. The van der Waals surface area contributed by atoms with Gasteiger partial charge in [0, 0.05) is 11.1 Å². The number of benzene rings is 2. The Bertz CT molecular complexity index is 605. The van der Waals surface area contributed by atoms with Crippen molar-refractivity contribution in [3.05, 3.63) is 64.2 Å². The van der Waals surface area contributed by atoms with Gasteiger partial charge in [-0.1, -0.05) is 30.7 Å². The van der Waals surface area contributed by atoms with Gasteiger partial charge in [-0.25, -0.2) is 0 Å². The van der Waals surface area contributed by atoms with Crippen LogP contribution in [-0.4, -0.2) is 12.9 Å². The van der Waals surface area contributed by atoms with E-state index in [-0.39, 0.29) is 5.78 Å². The standard InChI is InChI=1S/C16H15ClO2/c1-3-11-10-12(8-9-15(11)19-2)16(18)13-6-4-5-7-14(13)17/h4-10H,3H2,1-2H3. The van der Waals surface area contributed by atoms with Gasteiger partial charge in [0.25, 0.3) is 0 Å². The molecule has 2 nitrogen and oxygen atoms in total. The van der Waals surface area contributed by atoms with Crippen molar-refractivity contribution in [3.63, 3.8) is 0 Å². The first-order valence-corrected chi connectivity index (χ1v) is 6.51. The number of aryl methyl sites for hydroxylation is 1. The summed E-state index contributed by atoms with van der Waals surface area (Å²) >= 11 is 6.06. The fourth-order valence-electron chi connectivity index (χ4n) is 2.00. The summed E-state index contributed by atoms with van der Waals surface area (Å²) in [6, 6.07) is 12.5. The normalized spacial score (nSPS) is 10.3. The van der Waals surface area contributed by atoms with Crippen molar-refractivity contribution in [3.8, 4) is 5.75 Å². The molecule has 0 N–H and O–H groups in total. The number of carbonyl (C=O) groups excluding carboxylic acids is 1. The van der Waals surface area contributed by atoms with Gasteiger partial charge in [0.15, 0.2) is 5.78 Å². The second-order valence-electron chi connectivity index (χ2n) is 4.19. The zero-order chi connectivity index (χ0) is 13.8. The molecule has 0 amide bonds. The molecule has 98 valence electrons. The van der Waals surface area contributed by atoms with Crippen molar-refractivity contribution in [2.45, 2.75) is 13.3 Å². The number of hydrogen-bond acceptors (Lipinski definition) is 2. The third-order valence-corrected chi connectivity index (χ3v) is 3.37. The van der Waals surface area contributed by atoms with Crippen LogP contribution in [0.2, 0.25) is 5.02 Å². The third-order valence-electron chi connectivity index (χ3n) is 3.04. The Labute approximate surface area is 118 Å². The van der Waals surface area contributed by atoms with E-state index in [0.717, 1.165) is 17.7 Å². The first-order chi connectivity index (χ1) is 9.17. The van der Waals surface area contributed by atoms with Crippen molar-refractivity contribution in [1.82, 2.24) is 0 Å². The molecule has 0 spiro atoms. The van der Waals surface area contributed by atoms with Gasteiger partial charge in [0.05, 0.1) is 12.1 Å². The quantitative estimate of drug-likeness (QED) is 0.783. The monoisotopic (exact) mass is 274 g/mol. The van der Waals surface area contributed by atoms with Crippen LogP contribution in [0.1, 0.15) is 28.4 Å². The maximum absolute atomic E-state index is 12.4. The summed E-state index contributed by atoms with van der Waals surface area (Å²) in [7, 11) is 1.63. The Morgan fingerprint density at radius 1 is 1.21 bits per heavy atom. The average Bonchev–Trinajstić information content (AvgIpc) is 2.46. The van der Waals surface area contributed by atoms with E-state index < -0.39 is 0 Å². The number of hydrogen-bond donors (Lipinski definition) is 0. The van der Waals surface area contributed by atoms with Gasteiger partial charge >= 0.3 is 0 Å². The molecule has 2 aromatic carbocycles. The zero-order valence-electron chi connectivity index (χ0n) is 10.9. The molecule has 2 rings (SSSR count). The summed E-state index contributed by atoms with van der Waals surface area (Å²) in [5.41, 5.74) is 2.17. The van der Waals surface area contributed by atoms with Crippen LogP contribution in [-0.2, 0) is 6.42 Å². The molecular formula is C16H15ClO2. The minimum Gasteiger partial charge on any atom is -0.496 e. The molecule has 0 radical (unpaired) electrons. The minimum absolute atomic E-state index is 0.0667. The van der Waals surface area contributed by atoms with E-state index in [1.54, 1.807) is 25.3 Å². The van der Waals surface area contributed by atoms with Gasteiger partial charge in [-0.2, -0.15) is 0 Å². The summed E-state index contributed by atoms with van der Waals surface area (Å²) in [6.07, 6.45) is 0.812. The lowest BCUT2D eigenvalue weighted by atomic mass is 10.00. The molecule has 0 bridgehead atoms. The molecule has 3 heteroatoms. The molecule has 0 aliphatic heterocycles. The molecule has 0 aromatic heterocycles. The van der Waals surface area contributed by atoms with Crippen LogP contribution in [0.3, 0.4) is 0 Å². The topological polar surface area (TPSA) is 26.3 Å². The summed E-state index contributed by atoms with van der Waals surface area (Å²) < 4.78 is 5.26. The van der Waals surface area contributed by atoms with Crippen LogP contribution in [0.5, 0.6) is 5.75 Å². The second kappa shape index (κ2) is 5.89. The average molecular weight is 275 g/mol. The number of ether oxygens (including phenoxy) is 1. The van der Waals surface area contributed by atoms with E-state index >= 15 is 0 Å². The lowest BCUT2D eigenvalue weighted by Crippen LogP contribution is -2.03. The molecule has 0 fully saturated rings. The highest BCUT2D eigenvalue weighted by atomic mass is 35.5. The van der Waals surface area contributed by atoms with Gasteiger partial charge in [-0.3, -0.25) is 4.79 Å². The molecular weight excluding hydrogens is 260 g/mol. The van der Waals surface area contributed by atoms with E-state index in [2.05, 4.69) is 0 Å². The SMILES string of the molecule is CCc1cc(C(=O)c2ccccc2Cl)ccc1OC. The number of ketones is 1. The maximum Gasteiger partial charge on any atom is 0.194 e. The van der Waals surface area contributed by atoms with E-state index in [9.17, 15) is 4.79 Å². The van der Waals surface area contributed by atoms with E-state index in [1.807, 2.05) is 31.2 Å². The van der Waals surface area contributed by atoms with E-state index in [4.69, 9.17) is 16.3 Å². The summed E-state index contributed by atoms with van der Waals surface area (Å²) in [5.74, 6) is 0.737. The van der Waals surface area contributed by atoms with Crippen LogP contribution in [0.4, 0.5) is 0 Å². The Kier molecular flexibility index (Phi) is 4.23. The number of rotatable bonds is 4. The molecule has 0 unspecified atom stereocenters. The Morgan fingerprint density at radius 3 is 2.58 bits per heavy atom. The maximum atomic E-state index is 12.4. The van der Waals surface area contributed by atoms with Crippen molar-refractivity contribution >= 4 is 17.4 Å². The lowest BCUT2D eigenvalue weighted by Gasteiger charge is -2.09. The Balaban J connectivity index is 2.42. The number of halogens is 1. The zero-order valence-corrected chi connectivity index (χ0v) is 11.7. The second-order valence-corrected chi connectivity index (χ2v) is 4.60. The Morgan fingerprint density at radius 2 is 1.95 bits per heavy atom. The van der Waals surface area contributed by atoms with Gasteiger partial charge in [-0.15, -0.1) is 0 Å².